The molecule has 6 nitrogen and oxygen atoms in total. The van der Waals surface area contributed by atoms with Crippen molar-refractivity contribution in [2.75, 3.05) is 0 Å². The summed E-state index contributed by atoms with van der Waals surface area (Å²) in [5.41, 5.74) is 0.620. The number of aryl methyl sites for hydroxylation is 1. The minimum Gasteiger partial charge on any atom is -0.358 e. The summed E-state index contributed by atoms with van der Waals surface area (Å²) in [6.07, 6.45) is 1.51. The van der Waals surface area contributed by atoms with Gasteiger partial charge in [-0.3, -0.25) is 0 Å². The smallest absolute Gasteiger partial charge is 0.358 e. The number of rotatable bonds is 4. The van der Waals surface area contributed by atoms with E-state index in [0.717, 1.165) is 6.42 Å². The topological polar surface area (TPSA) is 73.8 Å². The van der Waals surface area contributed by atoms with E-state index in [1.165, 1.54) is 0 Å². The fourth-order valence-corrected chi connectivity index (χ4v) is 1.20. The van der Waals surface area contributed by atoms with Crippen molar-refractivity contribution in [2.45, 2.75) is 33.2 Å². The van der Waals surface area contributed by atoms with Crippen LogP contribution in [-0.4, -0.2) is 19.9 Å². The van der Waals surface area contributed by atoms with E-state index in [-0.39, 0.29) is 5.82 Å². The Kier molecular flexibility index (Phi) is 2.94. The van der Waals surface area contributed by atoms with Gasteiger partial charge in [-0.05, 0) is 18.3 Å². The van der Waals surface area contributed by atoms with Gasteiger partial charge in [0, 0.05) is 6.54 Å². The van der Waals surface area contributed by atoms with E-state index < -0.39 is 4.92 Å². The number of hydrogen-bond donors (Lipinski definition) is 0. The minimum atomic E-state index is -0.482. The monoisotopic (exact) mass is 184 g/mol. The van der Waals surface area contributed by atoms with Gasteiger partial charge in [-0.25, -0.2) is 4.68 Å². The predicted octanol–water partition coefficient (Wildman–Crippen LogP) is 1.16. The Morgan fingerprint density at radius 3 is 2.69 bits per heavy atom. The Morgan fingerprint density at radius 2 is 2.23 bits per heavy atom. The fraction of sp³-hybridized carbons (Fsp3) is 0.714. The van der Waals surface area contributed by atoms with Gasteiger partial charge in [0.1, 0.15) is 10.8 Å². The predicted molar refractivity (Wildman–Crippen MR) is 46.3 cm³/mol. The summed E-state index contributed by atoms with van der Waals surface area (Å²) in [7, 11) is 0. The van der Waals surface area contributed by atoms with Crippen LogP contribution in [0.3, 0.4) is 0 Å². The Morgan fingerprint density at radius 1 is 1.54 bits per heavy atom. The molecule has 0 bridgehead atoms. The van der Waals surface area contributed by atoms with Gasteiger partial charge in [-0.1, -0.05) is 13.3 Å². The molecule has 0 saturated heterocycles. The van der Waals surface area contributed by atoms with Crippen LogP contribution in [0.2, 0.25) is 0 Å². The van der Waals surface area contributed by atoms with Crippen molar-refractivity contribution in [3.63, 3.8) is 0 Å². The van der Waals surface area contributed by atoms with E-state index in [9.17, 15) is 10.1 Å². The third-order valence-corrected chi connectivity index (χ3v) is 1.78. The summed E-state index contributed by atoms with van der Waals surface area (Å²) in [6.45, 7) is 4.48. The highest BCUT2D eigenvalue weighted by Gasteiger charge is 2.21. The molecule has 1 rings (SSSR count). The van der Waals surface area contributed by atoms with Crippen molar-refractivity contribution >= 4 is 5.82 Å². The Hall–Kier alpha value is -1.46. The van der Waals surface area contributed by atoms with Gasteiger partial charge < -0.3 is 10.1 Å². The molecule has 72 valence electrons. The molecule has 6 heteroatoms. The standard InChI is InChI=1S/C7H12N4O2/c1-3-5-6-7(11(12)13)8-9-10(6)4-2/h3-5H2,1-2H3. The lowest BCUT2D eigenvalue weighted by Gasteiger charge is -1.98. The molecule has 0 aliphatic carbocycles. The zero-order chi connectivity index (χ0) is 9.84. The van der Waals surface area contributed by atoms with E-state index in [0.29, 0.717) is 18.7 Å². The van der Waals surface area contributed by atoms with Crippen LogP contribution in [0.15, 0.2) is 0 Å². The first-order valence-corrected chi connectivity index (χ1v) is 4.27. The van der Waals surface area contributed by atoms with Crippen molar-refractivity contribution in [1.82, 2.24) is 15.0 Å². The van der Waals surface area contributed by atoms with Crippen molar-refractivity contribution in [3.8, 4) is 0 Å². The maximum absolute atomic E-state index is 10.5. The number of nitrogens with zero attached hydrogens (tertiary/aromatic N) is 4. The highest BCUT2D eigenvalue weighted by atomic mass is 16.6. The first-order valence-electron chi connectivity index (χ1n) is 4.27. The average Bonchev–Trinajstić information content (AvgIpc) is 2.48. The van der Waals surface area contributed by atoms with Gasteiger partial charge in [0.15, 0.2) is 0 Å². The quantitative estimate of drug-likeness (QED) is 0.519. The van der Waals surface area contributed by atoms with Crippen molar-refractivity contribution < 1.29 is 4.92 Å². The van der Waals surface area contributed by atoms with Crippen LogP contribution in [0.1, 0.15) is 26.0 Å². The molecule has 1 aromatic heterocycles. The highest BCUT2D eigenvalue weighted by Crippen LogP contribution is 2.15. The van der Waals surface area contributed by atoms with Crippen LogP contribution in [0.5, 0.6) is 0 Å². The van der Waals surface area contributed by atoms with E-state index >= 15 is 0 Å². The van der Waals surface area contributed by atoms with Gasteiger partial charge in [0.25, 0.3) is 0 Å². The molecule has 0 aliphatic heterocycles. The fourth-order valence-electron chi connectivity index (χ4n) is 1.20. The molecule has 0 saturated carbocycles. The summed E-state index contributed by atoms with van der Waals surface area (Å²) < 4.78 is 1.57. The molecule has 0 aromatic carbocycles. The summed E-state index contributed by atoms with van der Waals surface area (Å²) >= 11 is 0. The summed E-state index contributed by atoms with van der Waals surface area (Å²) in [5, 5.41) is 17.7. The van der Waals surface area contributed by atoms with Crippen LogP contribution >= 0.6 is 0 Å². The van der Waals surface area contributed by atoms with Gasteiger partial charge in [0.05, 0.1) is 5.21 Å². The second-order valence-corrected chi connectivity index (χ2v) is 2.68. The van der Waals surface area contributed by atoms with E-state index in [2.05, 4.69) is 10.3 Å². The van der Waals surface area contributed by atoms with Gasteiger partial charge in [0.2, 0.25) is 0 Å². The van der Waals surface area contributed by atoms with Crippen molar-refractivity contribution in [1.29, 1.82) is 0 Å². The molecule has 0 amide bonds. The van der Waals surface area contributed by atoms with E-state index in [1.807, 2.05) is 13.8 Å². The molecule has 0 aliphatic rings. The lowest BCUT2D eigenvalue weighted by atomic mass is 10.2. The zero-order valence-electron chi connectivity index (χ0n) is 7.73. The lowest BCUT2D eigenvalue weighted by molar-refractivity contribution is -0.390. The molecule has 0 atom stereocenters. The van der Waals surface area contributed by atoms with Crippen molar-refractivity contribution in [3.05, 3.63) is 15.8 Å². The molecular weight excluding hydrogens is 172 g/mol. The maximum atomic E-state index is 10.5. The van der Waals surface area contributed by atoms with E-state index in [4.69, 9.17) is 0 Å². The molecule has 0 unspecified atom stereocenters. The molecule has 1 heterocycles. The van der Waals surface area contributed by atoms with E-state index in [1.54, 1.807) is 4.68 Å². The van der Waals surface area contributed by atoms with Crippen LogP contribution in [0, 0.1) is 10.1 Å². The normalized spacial score (nSPS) is 10.3. The van der Waals surface area contributed by atoms with Crippen LogP contribution in [0.25, 0.3) is 0 Å². The highest BCUT2D eigenvalue weighted by molar-refractivity contribution is 5.24. The maximum Gasteiger partial charge on any atom is 0.413 e. The average molecular weight is 184 g/mol. The Bertz CT molecular complexity index is 307. The molecule has 0 spiro atoms. The largest absolute Gasteiger partial charge is 0.413 e. The Balaban J connectivity index is 3.06. The number of aromatic nitrogens is 3. The zero-order valence-corrected chi connectivity index (χ0v) is 7.73. The molecule has 13 heavy (non-hydrogen) atoms. The van der Waals surface area contributed by atoms with Crippen LogP contribution in [0.4, 0.5) is 5.82 Å². The molecule has 0 radical (unpaired) electrons. The van der Waals surface area contributed by atoms with Crippen molar-refractivity contribution in [2.24, 2.45) is 0 Å². The second-order valence-electron chi connectivity index (χ2n) is 2.68. The summed E-state index contributed by atoms with van der Waals surface area (Å²) in [5.74, 6) is -0.108. The summed E-state index contributed by atoms with van der Waals surface area (Å²) in [4.78, 5) is 10.0. The lowest BCUT2D eigenvalue weighted by Crippen LogP contribution is -2.03. The van der Waals surface area contributed by atoms with Gasteiger partial charge in [-0.15, -0.1) is 0 Å². The van der Waals surface area contributed by atoms with Crippen LogP contribution in [-0.2, 0) is 13.0 Å². The van der Waals surface area contributed by atoms with Gasteiger partial charge >= 0.3 is 5.82 Å². The molecule has 0 fully saturated rings. The molecule has 0 N–H and O–H groups in total. The first kappa shape index (κ1) is 9.63. The third-order valence-electron chi connectivity index (χ3n) is 1.78. The molecule has 1 aromatic rings. The third kappa shape index (κ3) is 1.82. The second kappa shape index (κ2) is 3.97. The number of nitro groups is 1. The Labute approximate surface area is 75.7 Å². The summed E-state index contributed by atoms with van der Waals surface area (Å²) in [6, 6.07) is 0. The minimum absolute atomic E-state index is 0.108. The van der Waals surface area contributed by atoms with Crippen LogP contribution < -0.4 is 0 Å². The first-order chi connectivity index (χ1) is 6.20. The molecular formula is C7H12N4O2. The van der Waals surface area contributed by atoms with Gasteiger partial charge in [-0.2, -0.15) is 0 Å². The number of hydrogen-bond acceptors (Lipinski definition) is 4. The SMILES string of the molecule is CCCc1c([N+](=O)[O-])nnn1CC.